The zero-order chi connectivity index (χ0) is 29.9. The highest BCUT2D eigenvalue weighted by molar-refractivity contribution is 6.25. The molecule has 3 heterocycles. The maximum Gasteiger partial charge on any atom is 0.236 e. The first-order chi connectivity index (χ1) is 19.4. The molecule has 1 aromatic rings. The number of likely N-dealkylation sites (N-methyl/N-ethyl adjacent to an activating group) is 1. The molecule has 3 aliphatic heterocycles. The largest absolute Gasteiger partial charge is 0.504 e. The molecule has 1 fully saturated rings. The molecule has 222 valence electrons. The Bertz CT molecular complexity index is 1370. The van der Waals surface area contributed by atoms with Gasteiger partial charge in [0.05, 0.1) is 37.4 Å². The van der Waals surface area contributed by atoms with Crippen LogP contribution < -0.4 is 15.8 Å². The third-order valence-electron chi connectivity index (χ3n) is 8.95. The average Bonchev–Trinajstić information content (AvgIpc) is 2.93. The molecule has 5 N–H and O–H groups in total. The summed E-state index contributed by atoms with van der Waals surface area (Å²) in [6.07, 6.45) is -0.404. The smallest absolute Gasteiger partial charge is 0.236 e. The van der Waals surface area contributed by atoms with Gasteiger partial charge in [0.15, 0.2) is 23.0 Å². The normalized spacial score (nSPS) is 28.6. The van der Waals surface area contributed by atoms with E-state index in [-0.39, 0.29) is 54.1 Å². The second-order valence-corrected chi connectivity index (χ2v) is 11.4. The molecule has 0 saturated carbocycles. The summed E-state index contributed by atoms with van der Waals surface area (Å²) in [5.74, 6) is -0.644. The van der Waals surface area contributed by atoms with Gasteiger partial charge in [0.1, 0.15) is 6.23 Å². The molecule has 6 atom stereocenters. The predicted molar refractivity (Wildman–Crippen MR) is 150 cm³/mol. The van der Waals surface area contributed by atoms with Crippen molar-refractivity contribution in [3.8, 4) is 11.5 Å². The minimum Gasteiger partial charge on any atom is -0.504 e. The highest BCUT2D eigenvalue weighted by Gasteiger charge is 2.57. The van der Waals surface area contributed by atoms with Gasteiger partial charge in [0.25, 0.3) is 0 Å². The van der Waals surface area contributed by atoms with E-state index in [0.29, 0.717) is 29.9 Å². The number of aliphatic hydroxyl groups is 1. The number of carbonyl (C=O) groups is 3. The summed E-state index contributed by atoms with van der Waals surface area (Å²) in [7, 11) is 1.90. The summed E-state index contributed by atoms with van der Waals surface area (Å²) in [5, 5.41) is 26.3. The minimum absolute atomic E-state index is 0.00172. The number of nitrogens with two attached hydrogens (primary N) is 1. The van der Waals surface area contributed by atoms with Crippen LogP contribution in [0.5, 0.6) is 11.5 Å². The first-order valence-electron chi connectivity index (χ1n) is 14.3. The van der Waals surface area contributed by atoms with E-state index >= 15 is 0 Å². The highest BCUT2D eigenvalue weighted by atomic mass is 16.5. The number of aryl methyl sites for hydroxylation is 1. The predicted octanol–water partition coefficient (Wildman–Crippen LogP) is 0.994. The fourth-order valence-electron chi connectivity index (χ4n) is 7.12. The summed E-state index contributed by atoms with van der Waals surface area (Å²) in [5.41, 5.74) is 9.04. The van der Waals surface area contributed by atoms with Crippen LogP contribution in [0.15, 0.2) is 28.5 Å². The molecular formula is C30H40N4O7. The van der Waals surface area contributed by atoms with Crippen molar-refractivity contribution in [3.05, 3.63) is 45.2 Å². The standard InChI is InChI=1S/C30H40N4O7/c1-7-40-27-13(3)9-16-10-19-30(39)34-18(23(33(19)6)21(16)25(27)36)11-17-22(20(34)12-32-29(38)15(5)31)26(37)28(41-8-2)14(4)24(17)35/h9,15,18-20,23,30,36,39H,7-8,10-12,31H2,1-6H3,(H,32,38). The topological polar surface area (TPSA) is 155 Å². The number of nitrogens with zero attached hydrogens (tertiary/aromatic N) is 2. The highest BCUT2D eigenvalue weighted by Crippen LogP contribution is 2.53. The molecule has 41 heavy (non-hydrogen) atoms. The Morgan fingerprint density at radius 1 is 1.15 bits per heavy atom. The molecule has 0 radical (unpaired) electrons. The van der Waals surface area contributed by atoms with Crippen LogP contribution in [-0.4, -0.2) is 94.7 Å². The zero-order valence-electron chi connectivity index (χ0n) is 24.5. The molecule has 6 unspecified atom stereocenters. The van der Waals surface area contributed by atoms with E-state index in [1.807, 2.05) is 36.8 Å². The number of aromatic hydroxyl groups is 1. The quantitative estimate of drug-likeness (QED) is 0.350. The summed E-state index contributed by atoms with van der Waals surface area (Å²) in [6, 6.07) is -0.892. The average molecular weight is 569 g/mol. The van der Waals surface area contributed by atoms with Crippen molar-refractivity contribution in [2.24, 2.45) is 5.73 Å². The number of fused-ring (bicyclic) bond motifs is 6. The lowest BCUT2D eigenvalue weighted by atomic mass is 9.71. The van der Waals surface area contributed by atoms with Crippen LogP contribution in [0.4, 0.5) is 0 Å². The number of phenolic OH excluding ortho intramolecular Hbond substituents is 1. The van der Waals surface area contributed by atoms with Crippen LogP contribution in [0.1, 0.15) is 56.8 Å². The van der Waals surface area contributed by atoms with Crippen LogP contribution in [0, 0.1) is 6.92 Å². The molecule has 1 saturated heterocycles. The molecule has 0 aromatic heterocycles. The van der Waals surface area contributed by atoms with Crippen LogP contribution in [-0.2, 0) is 25.5 Å². The molecule has 1 aliphatic carbocycles. The number of carbonyl (C=O) groups excluding carboxylic acids is 3. The van der Waals surface area contributed by atoms with E-state index in [0.717, 1.165) is 11.1 Å². The third kappa shape index (κ3) is 4.46. The molecule has 5 rings (SSSR count). The van der Waals surface area contributed by atoms with Gasteiger partial charge < -0.3 is 30.7 Å². The van der Waals surface area contributed by atoms with Crippen LogP contribution in [0.2, 0.25) is 0 Å². The van der Waals surface area contributed by atoms with Gasteiger partial charge in [0.2, 0.25) is 11.7 Å². The summed E-state index contributed by atoms with van der Waals surface area (Å²) in [6.45, 7) is 9.18. The van der Waals surface area contributed by atoms with Crippen LogP contribution in [0.3, 0.4) is 0 Å². The van der Waals surface area contributed by atoms with Gasteiger partial charge in [-0.1, -0.05) is 6.07 Å². The molecule has 11 heteroatoms. The second kappa shape index (κ2) is 10.9. The van der Waals surface area contributed by atoms with E-state index < -0.39 is 42.1 Å². The lowest BCUT2D eigenvalue weighted by Crippen LogP contribution is -2.71. The van der Waals surface area contributed by atoms with E-state index in [1.165, 1.54) is 0 Å². The molecular weight excluding hydrogens is 528 g/mol. The van der Waals surface area contributed by atoms with Crippen molar-refractivity contribution >= 4 is 17.5 Å². The number of piperazine rings is 1. The first kappa shape index (κ1) is 29.2. The molecule has 1 aromatic carbocycles. The monoisotopic (exact) mass is 568 g/mol. The lowest BCUT2D eigenvalue weighted by molar-refractivity contribution is -0.167. The fourth-order valence-corrected chi connectivity index (χ4v) is 7.12. The number of ether oxygens (including phenoxy) is 2. The van der Waals surface area contributed by atoms with Gasteiger partial charge in [-0.15, -0.1) is 0 Å². The number of Topliss-reactive ketones (excluding diaryl/α,β-unsaturated/α-hetero) is 2. The van der Waals surface area contributed by atoms with Crippen LogP contribution >= 0.6 is 0 Å². The molecule has 1 amide bonds. The number of nitrogens with one attached hydrogen (secondary N) is 1. The van der Waals surface area contributed by atoms with E-state index in [9.17, 15) is 24.6 Å². The number of ketones is 2. The Balaban J connectivity index is 1.68. The number of allylic oxidation sites excluding steroid dienone is 2. The third-order valence-corrected chi connectivity index (χ3v) is 8.95. The number of amides is 1. The Labute approximate surface area is 239 Å². The first-order valence-corrected chi connectivity index (χ1v) is 14.3. The molecule has 11 nitrogen and oxygen atoms in total. The summed E-state index contributed by atoms with van der Waals surface area (Å²) in [4.78, 5) is 44.1. The van der Waals surface area contributed by atoms with Gasteiger partial charge in [-0.25, -0.2) is 0 Å². The Morgan fingerprint density at radius 2 is 1.83 bits per heavy atom. The van der Waals surface area contributed by atoms with Crippen molar-refractivity contribution in [2.75, 3.05) is 26.8 Å². The zero-order valence-corrected chi connectivity index (χ0v) is 24.5. The van der Waals surface area contributed by atoms with Crippen molar-refractivity contribution in [1.29, 1.82) is 0 Å². The van der Waals surface area contributed by atoms with Crippen molar-refractivity contribution in [3.63, 3.8) is 0 Å². The van der Waals surface area contributed by atoms with Gasteiger partial charge in [-0.2, -0.15) is 0 Å². The van der Waals surface area contributed by atoms with Crippen molar-refractivity contribution in [2.45, 2.75) is 83.9 Å². The minimum atomic E-state index is -1.03. The maximum absolute atomic E-state index is 13.9. The van der Waals surface area contributed by atoms with Crippen molar-refractivity contribution in [1.82, 2.24) is 15.1 Å². The molecule has 0 spiro atoms. The van der Waals surface area contributed by atoms with E-state index in [4.69, 9.17) is 15.2 Å². The lowest BCUT2D eigenvalue weighted by Gasteiger charge is -2.60. The van der Waals surface area contributed by atoms with Gasteiger partial charge in [-0.05, 0) is 65.6 Å². The van der Waals surface area contributed by atoms with E-state index in [1.54, 1.807) is 20.8 Å². The van der Waals surface area contributed by atoms with Crippen molar-refractivity contribution < 1.29 is 34.1 Å². The number of rotatable bonds is 7. The number of aliphatic hydroxyl groups excluding tert-OH is 1. The van der Waals surface area contributed by atoms with Gasteiger partial charge in [0, 0.05) is 34.9 Å². The van der Waals surface area contributed by atoms with Crippen LogP contribution in [0.25, 0.3) is 0 Å². The van der Waals surface area contributed by atoms with Gasteiger partial charge in [-0.3, -0.25) is 24.2 Å². The number of phenols is 1. The Morgan fingerprint density at radius 3 is 2.46 bits per heavy atom. The number of hydrogen-bond acceptors (Lipinski definition) is 10. The molecule has 2 bridgehead atoms. The maximum atomic E-state index is 13.9. The number of benzene rings is 1. The molecule has 4 aliphatic rings. The van der Waals surface area contributed by atoms with E-state index in [2.05, 4.69) is 5.32 Å². The Hall–Kier alpha value is -3.25. The SMILES string of the molecule is CCOC1=C(C)C(=O)C2=C(C1=O)C(CNC(=O)C(C)N)N1C(O)C3Cc4cc(C)c(OCC)c(O)c4C(C1C2)N3C. The second-order valence-electron chi connectivity index (χ2n) is 11.4. The van der Waals surface area contributed by atoms with Gasteiger partial charge >= 0.3 is 0 Å². The Kier molecular flexibility index (Phi) is 7.75. The number of hydrogen-bond donors (Lipinski definition) is 4. The summed E-state index contributed by atoms with van der Waals surface area (Å²) >= 11 is 0. The fraction of sp³-hybridized carbons (Fsp3) is 0.567. The summed E-state index contributed by atoms with van der Waals surface area (Å²) < 4.78 is 11.5.